The van der Waals surface area contributed by atoms with Crippen molar-refractivity contribution in [2.45, 2.75) is 0 Å². The van der Waals surface area contributed by atoms with Crippen LogP contribution in [0.1, 0.15) is 5.56 Å². The molecule has 0 heterocycles. The number of benzene rings is 1. The molecule has 1 aromatic rings. The molecule has 0 amide bonds. The molecule has 0 unspecified atom stereocenters. The molecule has 17 heavy (non-hydrogen) atoms. The molecule has 4 nitrogen and oxygen atoms in total. The number of rotatable bonds is 4. The summed E-state index contributed by atoms with van der Waals surface area (Å²) in [6.07, 6.45) is 5.36. The van der Waals surface area contributed by atoms with Crippen molar-refractivity contribution in [3.05, 3.63) is 35.9 Å². The van der Waals surface area contributed by atoms with E-state index in [1.54, 1.807) is 6.21 Å². The molecule has 90 valence electrons. The van der Waals surface area contributed by atoms with Gasteiger partial charge in [-0.05, 0) is 36.0 Å². The van der Waals surface area contributed by atoms with Crippen LogP contribution in [-0.4, -0.2) is 25.4 Å². The summed E-state index contributed by atoms with van der Waals surface area (Å²) in [5.41, 5.74) is 9.97. The predicted octanol–water partition coefficient (Wildman–Crippen LogP) is 1.58. The number of allylic oxidation sites excluding steroid dienone is 1. The van der Waals surface area contributed by atoms with Crippen molar-refractivity contribution in [1.82, 2.24) is 5.43 Å². The van der Waals surface area contributed by atoms with Gasteiger partial charge < -0.3 is 10.6 Å². The molecule has 0 aliphatic heterocycles. The molecule has 3 N–H and O–H groups in total. The average molecular weight is 248 g/mol. The molecular formula is C12H16N4S. The monoisotopic (exact) mass is 248 g/mol. The van der Waals surface area contributed by atoms with Crippen LogP contribution in [0.25, 0.3) is 6.08 Å². The first kappa shape index (κ1) is 13.2. The Morgan fingerprint density at radius 1 is 1.35 bits per heavy atom. The third-order valence-electron chi connectivity index (χ3n) is 2.03. The lowest BCUT2D eigenvalue weighted by atomic mass is 10.2. The maximum absolute atomic E-state index is 5.21. The summed E-state index contributed by atoms with van der Waals surface area (Å²) in [5.74, 6) is 0. The van der Waals surface area contributed by atoms with Crippen LogP contribution in [0.2, 0.25) is 0 Å². The molecule has 5 heteroatoms. The number of nitrogens with zero attached hydrogens (tertiary/aromatic N) is 2. The Labute approximate surface area is 107 Å². The van der Waals surface area contributed by atoms with Crippen LogP contribution in [0.15, 0.2) is 35.4 Å². The van der Waals surface area contributed by atoms with Crippen LogP contribution >= 0.6 is 12.2 Å². The maximum atomic E-state index is 5.21. The van der Waals surface area contributed by atoms with Crippen molar-refractivity contribution in [2.75, 3.05) is 19.0 Å². The lowest BCUT2D eigenvalue weighted by Gasteiger charge is -2.11. The van der Waals surface area contributed by atoms with Gasteiger partial charge in [0.1, 0.15) is 0 Å². The van der Waals surface area contributed by atoms with Crippen LogP contribution in [0, 0.1) is 0 Å². The van der Waals surface area contributed by atoms with Crippen LogP contribution in [0.5, 0.6) is 0 Å². The van der Waals surface area contributed by atoms with Crippen LogP contribution < -0.4 is 16.1 Å². The fourth-order valence-corrected chi connectivity index (χ4v) is 1.23. The van der Waals surface area contributed by atoms with Crippen LogP contribution in [-0.2, 0) is 0 Å². The van der Waals surface area contributed by atoms with Crippen molar-refractivity contribution in [2.24, 2.45) is 10.8 Å². The highest BCUT2D eigenvalue weighted by Crippen LogP contribution is 2.12. The predicted molar refractivity (Wildman–Crippen MR) is 78.2 cm³/mol. The highest BCUT2D eigenvalue weighted by Gasteiger charge is 1.92. The normalized spacial score (nSPS) is 10.9. The van der Waals surface area contributed by atoms with E-state index in [1.807, 2.05) is 38.4 Å². The van der Waals surface area contributed by atoms with Gasteiger partial charge >= 0.3 is 0 Å². The zero-order chi connectivity index (χ0) is 12.7. The number of anilines is 1. The fraction of sp³-hybridized carbons (Fsp3) is 0.167. The minimum absolute atomic E-state index is 0.157. The minimum atomic E-state index is 0.157. The number of nitrogens with one attached hydrogen (secondary N) is 1. The molecule has 0 bridgehead atoms. The van der Waals surface area contributed by atoms with Gasteiger partial charge in [0, 0.05) is 26.0 Å². The molecule has 0 atom stereocenters. The summed E-state index contributed by atoms with van der Waals surface area (Å²) in [7, 11) is 4.03. The highest BCUT2D eigenvalue weighted by molar-refractivity contribution is 7.80. The summed E-state index contributed by atoms with van der Waals surface area (Å²) in [4.78, 5) is 2.06. The number of hydrogen-bond donors (Lipinski definition) is 2. The largest absolute Gasteiger partial charge is 0.378 e. The molecule has 0 fully saturated rings. The summed E-state index contributed by atoms with van der Waals surface area (Å²) in [5, 5.41) is 3.95. The van der Waals surface area contributed by atoms with E-state index in [4.69, 9.17) is 5.73 Å². The molecule has 0 spiro atoms. The average Bonchev–Trinajstić information content (AvgIpc) is 2.29. The van der Waals surface area contributed by atoms with E-state index in [2.05, 4.69) is 39.8 Å². The van der Waals surface area contributed by atoms with E-state index in [0.717, 1.165) is 5.56 Å². The van der Waals surface area contributed by atoms with Gasteiger partial charge in [-0.25, -0.2) is 0 Å². The lowest BCUT2D eigenvalue weighted by Crippen LogP contribution is -2.23. The Morgan fingerprint density at radius 3 is 2.53 bits per heavy atom. The van der Waals surface area contributed by atoms with E-state index < -0.39 is 0 Å². The zero-order valence-electron chi connectivity index (χ0n) is 9.92. The van der Waals surface area contributed by atoms with E-state index in [1.165, 1.54) is 5.69 Å². The van der Waals surface area contributed by atoms with E-state index in [0.29, 0.717) is 0 Å². The number of hydrazone groups is 1. The first-order valence-corrected chi connectivity index (χ1v) is 5.53. The van der Waals surface area contributed by atoms with Gasteiger partial charge in [0.25, 0.3) is 0 Å². The second-order valence-corrected chi connectivity index (χ2v) is 4.04. The summed E-state index contributed by atoms with van der Waals surface area (Å²) in [6, 6.07) is 8.20. The van der Waals surface area contributed by atoms with E-state index in [-0.39, 0.29) is 5.11 Å². The van der Waals surface area contributed by atoms with Gasteiger partial charge in [-0.15, -0.1) is 0 Å². The van der Waals surface area contributed by atoms with Gasteiger partial charge in [0.2, 0.25) is 0 Å². The van der Waals surface area contributed by atoms with Gasteiger partial charge in [0.15, 0.2) is 5.11 Å². The number of thiocarbonyl (C=S) groups is 1. The van der Waals surface area contributed by atoms with E-state index >= 15 is 0 Å². The molecule has 1 rings (SSSR count). The summed E-state index contributed by atoms with van der Waals surface area (Å²) < 4.78 is 0. The van der Waals surface area contributed by atoms with Crippen molar-refractivity contribution in [3.63, 3.8) is 0 Å². The summed E-state index contributed by atoms with van der Waals surface area (Å²) >= 11 is 4.60. The molecule has 0 aliphatic carbocycles. The SMILES string of the molecule is CN(C)c1ccc(/C=C/C=N/NC(N)=S)cc1. The van der Waals surface area contributed by atoms with Crippen molar-refractivity contribution in [3.8, 4) is 0 Å². The van der Waals surface area contributed by atoms with Gasteiger partial charge in [-0.1, -0.05) is 18.2 Å². The quantitative estimate of drug-likeness (QED) is 0.482. The minimum Gasteiger partial charge on any atom is -0.378 e. The molecule has 0 saturated heterocycles. The second kappa shape index (κ2) is 6.65. The van der Waals surface area contributed by atoms with E-state index in [9.17, 15) is 0 Å². The van der Waals surface area contributed by atoms with Crippen molar-refractivity contribution < 1.29 is 0 Å². The van der Waals surface area contributed by atoms with Gasteiger partial charge in [-0.2, -0.15) is 5.10 Å². The molecule has 0 saturated carbocycles. The molecule has 0 radical (unpaired) electrons. The van der Waals surface area contributed by atoms with Gasteiger partial charge in [0.05, 0.1) is 0 Å². The molecule has 0 aromatic heterocycles. The fourth-order valence-electron chi connectivity index (χ4n) is 1.18. The Morgan fingerprint density at radius 2 is 2.00 bits per heavy atom. The first-order chi connectivity index (χ1) is 8.09. The number of hydrogen-bond acceptors (Lipinski definition) is 3. The Bertz CT molecular complexity index is 421. The standard InChI is InChI=1S/C12H16N4S/c1-16(2)11-7-5-10(6-8-11)4-3-9-14-15-12(13)17/h3-9H,1-2H3,(H3,13,15,17)/b4-3+,14-9+. The first-order valence-electron chi connectivity index (χ1n) is 5.12. The smallest absolute Gasteiger partial charge is 0.184 e. The Kier molecular flexibility index (Phi) is 5.16. The van der Waals surface area contributed by atoms with Gasteiger partial charge in [-0.3, -0.25) is 5.43 Å². The Balaban J connectivity index is 2.54. The molecular weight excluding hydrogens is 232 g/mol. The topological polar surface area (TPSA) is 53.6 Å². The maximum Gasteiger partial charge on any atom is 0.184 e. The highest BCUT2D eigenvalue weighted by atomic mass is 32.1. The molecule has 1 aromatic carbocycles. The zero-order valence-corrected chi connectivity index (χ0v) is 10.7. The Hall–Kier alpha value is -1.88. The van der Waals surface area contributed by atoms with Crippen LogP contribution in [0.4, 0.5) is 5.69 Å². The lowest BCUT2D eigenvalue weighted by molar-refractivity contribution is 1.04. The molecule has 0 aliphatic rings. The van der Waals surface area contributed by atoms with Crippen LogP contribution in [0.3, 0.4) is 0 Å². The van der Waals surface area contributed by atoms with Crippen molar-refractivity contribution in [1.29, 1.82) is 0 Å². The third-order valence-corrected chi connectivity index (χ3v) is 2.12. The second-order valence-electron chi connectivity index (χ2n) is 3.60. The summed E-state index contributed by atoms with van der Waals surface area (Å²) in [6.45, 7) is 0. The van der Waals surface area contributed by atoms with Crippen molar-refractivity contribution >= 4 is 35.3 Å². The third kappa shape index (κ3) is 5.12. The number of nitrogens with two attached hydrogens (primary N) is 1.